The van der Waals surface area contributed by atoms with Crippen LogP contribution in [0.2, 0.25) is 0 Å². The van der Waals surface area contributed by atoms with Crippen molar-refractivity contribution in [1.29, 1.82) is 0 Å². The van der Waals surface area contributed by atoms with Crippen molar-refractivity contribution < 1.29 is 9.53 Å². The van der Waals surface area contributed by atoms with Gasteiger partial charge in [-0.05, 0) is 32.1 Å². The Balaban J connectivity index is 1.65. The normalized spacial score (nSPS) is 27.4. The predicted molar refractivity (Wildman–Crippen MR) is 76.8 cm³/mol. The molecule has 116 valence electrons. The Morgan fingerprint density at radius 1 is 1.24 bits per heavy atom. The molecule has 7 heteroatoms. The summed E-state index contributed by atoms with van der Waals surface area (Å²) in [6, 6.07) is 0.634. The van der Waals surface area contributed by atoms with E-state index >= 15 is 0 Å². The molecular formula is C14H23N5O2. The molecule has 0 bridgehead atoms. The van der Waals surface area contributed by atoms with E-state index in [0.29, 0.717) is 30.9 Å². The fraction of sp³-hybridized carbons (Fsp3) is 0.786. The number of carbonyl (C=O) groups excluding carboxylic acids is 1. The van der Waals surface area contributed by atoms with Crippen molar-refractivity contribution in [3.8, 4) is 0 Å². The second-order valence-corrected chi connectivity index (χ2v) is 5.91. The molecule has 1 aliphatic carbocycles. The number of amides is 1. The lowest BCUT2D eigenvalue weighted by Gasteiger charge is -2.25. The van der Waals surface area contributed by atoms with Gasteiger partial charge in [0.05, 0.1) is 18.8 Å². The summed E-state index contributed by atoms with van der Waals surface area (Å²) in [5.74, 6) is -0.0424. The number of rotatable bonds is 2. The molecule has 1 saturated carbocycles. The van der Waals surface area contributed by atoms with E-state index in [2.05, 4.69) is 10.3 Å². The van der Waals surface area contributed by atoms with Crippen LogP contribution >= 0.6 is 0 Å². The van der Waals surface area contributed by atoms with E-state index in [4.69, 9.17) is 10.5 Å². The Labute approximate surface area is 124 Å². The summed E-state index contributed by atoms with van der Waals surface area (Å²) in [7, 11) is 0. The van der Waals surface area contributed by atoms with Gasteiger partial charge in [-0.1, -0.05) is 5.21 Å². The molecule has 7 nitrogen and oxygen atoms in total. The number of nitrogens with zero attached hydrogens (tertiary/aromatic N) is 4. The highest BCUT2D eigenvalue weighted by molar-refractivity contribution is 5.91. The van der Waals surface area contributed by atoms with E-state index in [9.17, 15) is 4.79 Å². The third-order valence-corrected chi connectivity index (χ3v) is 4.35. The Hall–Kier alpha value is -1.47. The first-order chi connectivity index (χ1) is 10.2. The molecule has 0 radical (unpaired) electrons. The summed E-state index contributed by atoms with van der Waals surface area (Å²) in [6.07, 6.45) is 6.70. The van der Waals surface area contributed by atoms with E-state index in [1.54, 1.807) is 11.1 Å². The summed E-state index contributed by atoms with van der Waals surface area (Å²) in [5.41, 5.74) is 6.36. The molecule has 0 unspecified atom stereocenters. The topological polar surface area (TPSA) is 86.3 Å². The van der Waals surface area contributed by atoms with Crippen molar-refractivity contribution in [3.63, 3.8) is 0 Å². The number of carbonyl (C=O) groups is 1. The molecule has 1 aliphatic heterocycles. The molecule has 1 saturated heterocycles. The minimum atomic E-state index is -0.0424. The molecule has 2 aliphatic rings. The van der Waals surface area contributed by atoms with Crippen LogP contribution in [0.1, 0.15) is 48.6 Å². The number of hydrogen-bond donors (Lipinski definition) is 1. The van der Waals surface area contributed by atoms with Crippen LogP contribution in [0.15, 0.2) is 6.20 Å². The molecule has 21 heavy (non-hydrogen) atoms. The Bertz CT molecular complexity index is 473. The van der Waals surface area contributed by atoms with Crippen LogP contribution in [-0.2, 0) is 4.74 Å². The lowest BCUT2D eigenvalue weighted by atomic mass is 9.92. The second kappa shape index (κ2) is 6.53. The van der Waals surface area contributed by atoms with Crippen LogP contribution < -0.4 is 5.73 Å². The summed E-state index contributed by atoms with van der Waals surface area (Å²) >= 11 is 0. The van der Waals surface area contributed by atoms with Gasteiger partial charge in [-0.2, -0.15) is 0 Å². The van der Waals surface area contributed by atoms with Gasteiger partial charge in [0.2, 0.25) is 0 Å². The summed E-state index contributed by atoms with van der Waals surface area (Å²) in [4.78, 5) is 14.2. The number of hydrogen-bond acceptors (Lipinski definition) is 5. The molecule has 0 atom stereocenters. The first kappa shape index (κ1) is 14.5. The van der Waals surface area contributed by atoms with E-state index in [1.807, 2.05) is 4.68 Å². The standard InChI is InChI=1S/C14H23N5O2/c15-11-2-4-12(5-3-11)19-10-13(16-17-19)14(20)18-6-1-8-21-9-7-18/h10-12H,1-9,15H2. The molecule has 0 aromatic carbocycles. The summed E-state index contributed by atoms with van der Waals surface area (Å²) < 4.78 is 7.21. The van der Waals surface area contributed by atoms with E-state index in [1.165, 1.54) is 0 Å². The van der Waals surface area contributed by atoms with Crippen molar-refractivity contribution in [2.24, 2.45) is 5.73 Å². The summed E-state index contributed by atoms with van der Waals surface area (Å²) in [6.45, 7) is 2.67. The van der Waals surface area contributed by atoms with Crippen LogP contribution in [0, 0.1) is 0 Å². The quantitative estimate of drug-likeness (QED) is 0.862. The van der Waals surface area contributed by atoms with E-state index in [-0.39, 0.29) is 5.91 Å². The predicted octanol–water partition coefficient (Wildman–Crippen LogP) is 0.583. The van der Waals surface area contributed by atoms with Crippen LogP contribution in [0.3, 0.4) is 0 Å². The van der Waals surface area contributed by atoms with Gasteiger partial charge in [0, 0.05) is 25.7 Å². The summed E-state index contributed by atoms with van der Waals surface area (Å²) in [5, 5.41) is 8.22. The van der Waals surface area contributed by atoms with E-state index in [0.717, 1.165) is 45.3 Å². The van der Waals surface area contributed by atoms with Crippen molar-refractivity contribution in [2.45, 2.75) is 44.2 Å². The average molecular weight is 293 g/mol. The zero-order valence-corrected chi connectivity index (χ0v) is 12.3. The van der Waals surface area contributed by atoms with Crippen LogP contribution in [-0.4, -0.2) is 58.1 Å². The zero-order valence-electron chi connectivity index (χ0n) is 12.3. The lowest BCUT2D eigenvalue weighted by molar-refractivity contribution is 0.0735. The van der Waals surface area contributed by atoms with E-state index < -0.39 is 0 Å². The molecule has 1 aromatic heterocycles. The minimum Gasteiger partial charge on any atom is -0.380 e. The van der Waals surface area contributed by atoms with Crippen LogP contribution in [0.4, 0.5) is 0 Å². The second-order valence-electron chi connectivity index (χ2n) is 5.91. The maximum absolute atomic E-state index is 12.4. The Morgan fingerprint density at radius 3 is 2.86 bits per heavy atom. The lowest BCUT2D eigenvalue weighted by Crippen LogP contribution is -2.33. The number of aromatic nitrogens is 3. The molecule has 2 N–H and O–H groups in total. The van der Waals surface area contributed by atoms with Gasteiger partial charge in [0.15, 0.2) is 5.69 Å². The molecular weight excluding hydrogens is 270 g/mol. The molecule has 1 amide bonds. The SMILES string of the molecule is NC1CCC(n2cc(C(=O)N3CCCOCC3)nn2)CC1. The molecule has 1 aromatic rings. The zero-order chi connectivity index (χ0) is 14.7. The minimum absolute atomic E-state index is 0.0424. The third kappa shape index (κ3) is 3.41. The highest BCUT2D eigenvalue weighted by Gasteiger charge is 2.24. The van der Waals surface area contributed by atoms with Crippen molar-refractivity contribution in [1.82, 2.24) is 19.9 Å². The largest absolute Gasteiger partial charge is 0.380 e. The first-order valence-corrected chi connectivity index (χ1v) is 7.78. The van der Waals surface area contributed by atoms with Crippen molar-refractivity contribution in [3.05, 3.63) is 11.9 Å². The first-order valence-electron chi connectivity index (χ1n) is 7.78. The molecule has 2 fully saturated rings. The maximum atomic E-state index is 12.4. The van der Waals surface area contributed by atoms with Gasteiger partial charge < -0.3 is 15.4 Å². The average Bonchev–Trinajstić information content (AvgIpc) is 2.83. The van der Waals surface area contributed by atoms with Gasteiger partial charge >= 0.3 is 0 Å². The van der Waals surface area contributed by atoms with Gasteiger partial charge in [0.25, 0.3) is 5.91 Å². The molecule has 2 heterocycles. The Kier molecular flexibility index (Phi) is 4.50. The van der Waals surface area contributed by atoms with Crippen LogP contribution in [0.5, 0.6) is 0 Å². The number of nitrogens with two attached hydrogens (primary N) is 1. The van der Waals surface area contributed by atoms with Gasteiger partial charge in [0.1, 0.15) is 0 Å². The van der Waals surface area contributed by atoms with Gasteiger partial charge in [-0.25, -0.2) is 4.68 Å². The third-order valence-electron chi connectivity index (χ3n) is 4.35. The van der Waals surface area contributed by atoms with Gasteiger partial charge in [-0.15, -0.1) is 5.10 Å². The highest BCUT2D eigenvalue weighted by atomic mass is 16.5. The fourth-order valence-electron chi connectivity index (χ4n) is 3.03. The van der Waals surface area contributed by atoms with Crippen molar-refractivity contribution in [2.75, 3.05) is 26.3 Å². The maximum Gasteiger partial charge on any atom is 0.276 e. The van der Waals surface area contributed by atoms with Crippen molar-refractivity contribution >= 4 is 5.91 Å². The molecule has 3 rings (SSSR count). The smallest absolute Gasteiger partial charge is 0.276 e. The van der Waals surface area contributed by atoms with Crippen LogP contribution in [0.25, 0.3) is 0 Å². The number of ether oxygens (including phenoxy) is 1. The fourth-order valence-corrected chi connectivity index (χ4v) is 3.03. The molecule has 0 spiro atoms. The monoisotopic (exact) mass is 293 g/mol. The van der Waals surface area contributed by atoms with Gasteiger partial charge in [-0.3, -0.25) is 4.79 Å². The Morgan fingerprint density at radius 2 is 2.05 bits per heavy atom. The highest BCUT2D eigenvalue weighted by Crippen LogP contribution is 2.26.